The van der Waals surface area contributed by atoms with Crippen molar-refractivity contribution < 1.29 is 14.3 Å². The van der Waals surface area contributed by atoms with Gasteiger partial charge in [0, 0.05) is 17.3 Å². The number of carbonyl (C=O) groups is 1. The van der Waals surface area contributed by atoms with Gasteiger partial charge in [0.15, 0.2) is 0 Å². The van der Waals surface area contributed by atoms with E-state index in [4.69, 9.17) is 16.7 Å². The molecule has 0 bridgehead atoms. The number of hydrogen-bond acceptors (Lipinski definition) is 4. The molecule has 2 heterocycles. The van der Waals surface area contributed by atoms with Crippen LogP contribution in [0.4, 0.5) is 4.39 Å². The summed E-state index contributed by atoms with van der Waals surface area (Å²) in [6, 6.07) is 16.8. The summed E-state index contributed by atoms with van der Waals surface area (Å²) in [4.78, 5) is 20.2. The lowest BCUT2D eigenvalue weighted by molar-refractivity contribution is -0.136. The number of halogens is 2. The Kier molecular flexibility index (Phi) is 6.66. The monoisotopic (exact) mass is 502 g/mol. The van der Waals surface area contributed by atoms with Gasteiger partial charge >= 0.3 is 5.97 Å². The van der Waals surface area contributed by atoms with Gasteiger partial charge in [-0.1, -0.05) is 48.0 Å². The minimum Gasteiger partial charge on any atom is -0.481 e. The van der Waals surface area contributed by atoms with Crippen LogP contribution in [0.5, 0.6) is 0 Å². The van der Waals surface area contributed by atoms with Crippen LogP contribution in [0.2, 0.25) is 5.02 Å². The van der Waals surface area contributed by atoms with Gasteiger partial charge < -0.3 is 5.11 Å². The number of pyridine rings is 2. The van der Waals surface area contributed by atoms with E-state index in [1.54, 1.807) is 18.0 Å². The number of thioether (sulfide) groups is 1. The highest BCUT2D eigenvalue weighted by Gasteiger charge is 2.23. The van der Waals surface area contributed by atoms with Gasteiger partial charge in [-0.25, -0.2) is 9.37 Å². The van der Waals surface area contributed by atoms with Crippen LogP contribution in [0.1, 0.15) is 45.3 Å². The molecular weight excluding hydrogens is 483 g/mol. The van der Waals surface area contributed by atoms with Gasteiger partial charge in [-0.2, -0.15) is 0 Å². The highest BCUT2D eigenvalue weighted by molar-refractivity contribution is 7.99. The molecule has 0 aliphatic heterocycles. The van der Waals surface area contributed by atoms with E-state index < -0.39 is 11.8 Å². The molecular formula is C28H20ClFN2O2S. The van der Waals surface area contributed by atoms with Gasteiger partial charge in [0.25, 0.3) is 0 Å². The first-order valence-corrected chi connectivity index (χ1v) is 12.4. The number of benzene rings is 2. The van der Waals surface area contributed by atoms with E-state index in [0.717, 1.165) is 33.6 Å². The number of fused-ring (bicyclic) bond motifs is 3. The molecule has 2 aromatic heterocycles. The summed E-state index contributed by atoms with van der Waals surface area (Å²) < 4.78 is 13.7. The number of rotatable bonds is 6. The predicted octanol–water partition coefficient (Wildman–Crippen LogP) is 7.37. The lowest BCUT2D eigenvalue weighted by Crippen LogP contribution is -2.04. The second-order valence-corrected chi connectivity index (χ2v) is 9.74. The van der Waals surface area contributed by atoms with Gasteiger partial charge in [-0.05, 0) is 64.7 Å². The number of carboxylic acids is 1. The van der Waals surface area contributed by atoms with Crippen LogP contribution in [-0.2, 0) is 4.79 Å². The van der Waals surface area contributed by atoms with Crippen LogP contribution in [0.3, 0.4) is 0 Å². The number of aromatic nitrogens is 2. The maximum absolute atomic E-state index is 13.7. The molecule has 174 valence electrons. The minimum absolute atomic E-state index is 0.0350. The lowest BCUT2D eigenvalue weighted by Gasteiger charge is -2.20. The first-order chi connectivity index (χ1) is 17.0. The molecule has 0 fully saturated rings. The molecule has 2 aromatic carbocycles. The van der Waals surface area contributed by atoms with E-state index in [9.17, 15) is 9.18 Å². The third-order valence-corrected chi connectivity index (χ3v) is 7.34. The molecule has 35 heavy (non-hydrogen) atoms. The topological polar surface area (TPSA) is 63.1 Å². The SMILES string of the molecule is O=C(O)CCSC1c2cc(C=Cc3ccc4cc(F)c(Cl)cc4n3)ccc2C=Cc2ncccc21. The minimum atomic E-state index is -0.806. The van der Waals surface area contributed by atoms with Crippen molar-refractivity contribution in [3.63, 3.8) is 0 Å². The largest absolute Gasteiger partial charge is 0.481 e. The fourth-order valence-corrected chi connectivity index (χ4v) is 5.50. The molecule has 5 rings (SSSR count). The highest BCUT2D eigenvalue weighted by Crippen LogP contribution is 2.42. The molecule has 0 amide bonds. The standard InChI is InChI=1S/C28H20ClFN2O2S/c29-23-16-26-19(15-24(23)30)6-9-20(32-26)8-4-17-3-5-18-7-10-25-21(2-1-12-31-25)28(22(18)14-17)35-13-11-27(33)34/h1-10,12,14-16,28H,11,13H2,(H,33,34). The molecule has 0 radical (unpaired) electrons. The second kappa shape index (κ2) is 10.0. The third-order valence-electron chi connectivity index (χ3n) is 5.77. The zero-order valence-electron chi connectivity index (χ0n) is 18.5. The van der Waals surface area contributed by atoms with Crippen LogP contribution < -0.4 is 0 Å². The molecule has 7 heteroatoms. The summed E-state index contributed by atoms with van der Waals surface area (Å²) in [5.41, 5.74) is 6.50. The number of carboxylic acid groups (broad SMARTS) is 1. The summed E-state index contributed by atoms with van der Waals surface area (Å²) in [6.07, 6.45) is 9.82. The Bertz CT molecular complexity index is 1500. The second-order valence-electron chi connectivity index (χ2n) is 8.12. The van der Waals surface area contributed by atoms with E-state index in [0.29, 0.717) is 16.7 Å². The van der Waals surface area contributed by atoms with Crippen molar-refractivity contribution >= 4 is 64.5 Å². The van der Waals surface area contributed by atoms with Crippen molar-refractivity contribution in [1.29, 1.82) is 0 Å². The van der Waals surface area contributed by atoms with Crippen molar-refractivity contribution in [2.45, 2.75) is 11.7 Å². The molecule has 4 nitrogen and oxygen atoms in total. The van der Waals surface area contributed by atoms with Gasteiger partial charge in [0.2, 0.25) is 0 Å². The highest BCUT2D eigenvalue weighted by atomic mass is 35.5. The normalized spacial score (nSPS) is 14.6. The first-order valence-electron chi connectivity index (χ1n) is 11.0. The Hall–Kier alpha value is -3.48. The molecule has 0 saturated carbocycles. The van der Waals surface area contributed by atoms with Crippen LogP contribution in [-0.4, -0.2) is 26.8 Å². The van der Waals surface area contributed by atoms with E-state index >= 15 is 0 Å². The van der Waals surface area contributed by atoms with Gasteiger partial charge in [0.05, 0.1) is 33.6 Å². The zero-order valence-corrected chi connectivity index (χ0v) is 20.1. The molecule has 0 saturated heterocycles. The van der Waals surface area contributed by atoms with Crippen molar-refractivity contribution in [1.82, 2.24) is 9.97 Å². The van der Waals surface area contributed by atoms with E-state index in [1.165, 1.54) is 12.1 Å². The zero-order chi connectivity index (χ0) is 24.4. The Balaban J connectivity index is 1.48. The van der Waals surface area contributed by atoms with Crippen molar-refractivity contribution in [2.24, 2.45) is 0 Å². The summed E-state index contributed by atoms with van der Waals surface area (Å²) in [7, 11) is 0. The van der Waals surface area contributed by atoms with Crippen LogP contribution >= 0.6 is 23.4 Å². The van der Waals surface area contributed by atoms with E-state index in [1.807, 2.05) is 42.5 Å². The summed E-state index contributed by atoms with van der Waals surface area (Å²) in [6.45, 7) is 0. The number of aliphatic carboxylic acids is 1. The fourth-order valence-electron chi connectivity index (χ4n) is 4.05. The van der Waals surface area contributed by atoms with Gasteiger partial charge in [-0.15, -0.1) is 11.8 Å². The maximum atomic E-state index is 13.7. The van der Waals surface area contributed by atoms with Gasteiger partial charge in [-0.3, -0.25) is 9.78 Å². The molecule has 4 aromatic rings. The van der Waals surface area contributed by atoms with Crippen molar-refractivity contribution in [2.75, 3.05) is 5.75 Å². The molecule has 1 unspecified atom stereocenters. The van der Waals surface area contributed by atoms with Crippen LogP contribution in [0.25, 0.3) is 35.2 Å². The predicted molar refractivity (Wildman–Crippen MR) is 142 cm³/mol. The summed E-state index contributed by atoms with van der Waals surface area (Å²) >= 11 is 7.53. The van der Waals surface area contributed by atoms with Crippen LogP contribution in [0.15, 0.2) is 60.8 Å². The molecule has 0 spiro atoms. The summed E-state index contributed by atoms with van der Waals surface area (Å²) in [5, 5.41) is 9.83. The van der Waals surface area contributed by atoms with E-state index in [-0.39, 0.29) is 16.7 Å². The Morgan fingerprint density at radius 1 is 1.09 bits per heavy atom. The van der Waals surface area contributed by atoms with E-state index in [2.05, 4.69) is 34.2 Å². The molecule has 1 N–H and O–H groups in total. The Morgan fingerprint density at radius 3 is 2.83 bits per heavy atom. The number of hydrogen-bond donors (Lipinski definition) is 1. The van der Waals surface area contributed by atoms with Crippen molar-refractivity contribution in [3.8, 4) is 0 Å². The molecule has 1 atom stereocenters. The Morgan fingerprint density at radius 2 is 1.97 bits per heavy atom. The average Bonchev–Trinajstić information content (AvgIpc) is 3.00. The Labute approximate surface area is 211 Å². The molecule has 1 aliphatic carbocycles. The number of nitrogens with zero attached hydrogens (tertiary/aromatic N) is 2. The smallest absolute Gasteiger partial charge is 0.304 e. The first kappa shape index (κ1) is 23.3. The maximum Gasteiger partial charge on any atom is 0.304 e. The van der Waals surface area contributed by atoms with Crippen LogP contribution in [0, 0.1) is 5.82 Å². The third kappa shape index (κ3) is 5.14. The molecule has 1 aliphatic rings. The average molecular weight is 503 g/mol. The van der Waals surface area contributed by atoms with Crippen molar-refractivity contribution in [3.05, 3.63) is 105 Å². The summed E-state index contributed by atoms with van der Waals surface area (Å²) in [5.74, 6) is -0.770. The lowest BCUT2D eigenvalue weighted by atomic mass is 9.98. The fraction of sp³-hybridized carbons (Fsp3) is 0.107. The van der Waals surface area contributed by atoms with Gasteiger partial charge in [0.1, 0.15) is 5.82 Å². The quantitative estimate of drug-likeness (QED) is 0.298.